The van der Waals surface area contributed by atoms with Gasteiger partial charge in [0.2, 0.25) is 0 Å². The Hall–Kier alpha value is -4.45. The van der Waals surface area contributed by atoms with Gasteiger partial charge >= 0.3 is 0 Å². The van der Waals surface area contributed by atoms with E-state index in [1.165, 1.54) is 11.1 Å². The highest BCUT2D eigenvalue weighted by Gasteiger charge is 2.22. The predicted octanol–water partition coefficient (Wildman–Crippen LogP) is 3.51. The summed E-state index contributed by atoms with van der Waals surface area (Å²) in [6, 6.07) is 3.73. The second-order valence-electron chi connectivity index (χ2n) is 15.2. The Morgan fingerprint density at radius 3 is 1.75 bits per heavy atom. The average molecular weight is 876 g/mol. The van der Waals surface area contributed by atoms with Crippen molar-refractivity contribution in [3.63, 3.8) is 0 Å². The van der Waals surface area contributed by atoms with Gasteiger partial charge in [-0.05, 0) is 97.9 Å². The van der Waals surface area contributed by atoms with E-state index in [0.717, 1.165) is 68.6 Å². The van der Waals surface area contributed by atoms with E-state index in [2.05, 4.69) is 49.8 Å². The maximum absolute atomic E-state index is 9.87. The summed E-state index contributed by atoms with van der Waals surface area (Å²) in [4.78, 5) is 22.9. The van der Waals surface area contributed by atoms with Crippen molar-refractivity contribution in [3.05, 3.63) is 84.0 Å². The second-order valence-corrected chi connectivity index (χ2v) is 15.2. The van der Waals surface area contributed by atoms with Crippen LogP contribution in [-0.2, 0) is 47.8 Å². The zero-order valence-corrected chi connectivity index (χ0v) is 38.2. The number of rotatable bonds is 28. The van der Waals surface area contributed by atoms with Crippen LogP contribution in [0.4, 0.5) is 0 Å². The maximum Gasteiger partial charge on any atom is 0.163 e. The number of hydrogen-bond acceptors (Lipinski definition) is 13. The number of nitrogens with one attached hydrogen (secondary N) is 2. The monoisotopic (exact) mass is 876 g/mol. The summed E-state index contributed by atoms with van der Waals surface area (Å²) in [6.07, 6.45) is 10.5. The van der Waals surface area contributed by atoms with Crippen LogP contribution < -0.4 is 30.9 Å². The third kappa shape index (κ3) is 14.3. The molecule has 0 radical (unpaired) electrons. The molecule has 2 aromatic heterocycles. The quantitative estimate of drug-likeness (QED) is 0.0789. The van der Waals surface area contributed by atoms with Gasteiger partial charge in [-0.15, -0.1) is 0 Å². The topological polar surface area (TPSA) is 183 Å². The number of methoxy groups -OCH3 is 2. The zero-order valence-electron chi connectivity index (χ0n) is 38.2. The molecule has 0 saturated heterocycles. The minimum atomic E-state index is 0.0856. The molecule has 0 amide bonds. The maximum atomic E-state index is 9.87. The van der Waals surface area contributed by atoms with E-state index in [1.807, 2.05) is 18.3 Å². The Bertz CT molecular complexity index is 2260. The molecule has 0 unspecified atom stereocenters. The molecule has 63 heavy (non-hydrogen) atoms. The van der Waals surface area contributed by atoms with Crippen molar-refractivity contribution in [3.8, 4) is 11.5 Å². The number of fused-ring (bicyclic) bond motifs is 6. The molecule has 2 aliphatic rings. The van der Waals surface area contributed by atoms with Gasteiger partial charge in [-0.1, -0.05) is 13.8 Å². The molecule has 3 aromatic rings. The first-order chi connectivity index (χ1) is 30.9. The number of allylic oxidation sites excluding steroid dienone is 2. The van der Waals surface area contributed by atoms with Gasteiger partial charge in [-0.2, -0.15) is 0 Å². The first-order valence-corrected chi connectivity index (χ1v) is 22.3. The minimum absolute atomic E-state index is 0.0856. The third-order valence-electron chi connectivity index (χ3n) is 11.0. The van der Waals surface area contributed by atoms with E-state index in [0.29, 0.717) is 121 Å². The van der Waals surface area contributed by atoms with Crippen LogP contribution in [0.15, 0.2) is 44.0 Å². The molecule has 0 aliphatic carbocycles. The molecular weight excluding hydrogens is 807 g/mol. The normalized spacial score (nSPS) is 15.1. The van der Waals surface area contributed by atoms with Gasteiger partial charge in [0, 0.05) is 56.3 Å². The van der Waals surface area contributed by atoms with Gasteiger partial charge < -0.3 is 58.1 Å². The molecule has 4 N–H and O–H groups in total. The molecule has 0 fully saturated rings. The van der Waals surface area contributed by atoms with E-state index in [4.69, 9.17) is 52.9 Å². The second kappa shape index (κ2) is 27.0. The Kier molecular flexibility index (Phi) is 21.2. The number of aromatic nitrogens is 2. The van der Waals surface area contributed by atoms with Gasteiger partial charge in [0.1, 0.15) is 13.2 Å². The summed E-state index contributed by atoms with van der Waals surface area (Å²) in [5, 5.41) is 22.7. The SMILES string of the molecule is CCC1=C(CC)/C2=C/c3[nH]c(c(C)c3CCCO)CN=c3cc(OCCOCCOCCOC)c(OCCOCCOCCOC)cc3=NC=c3[nH]/c(c(CCCO)c3C)=C\C1=N2. The van der Waals surface area contributed by atoms with Crippen LogP contribution in [-0.4, -0.2) is 133 Å². The number of ether oxygens (including phenoxy) is 8. The molecule has 15 nitrogen and oxygen atoms in total. The van der Waals surface area contributed by atoms with E-state index in [1.54, 1.807) is 14.2 Å². The predicted molar refractivity (Wildman–Crippen MR) is 244 cm³/mol. The summed E-state index contributed by atoms with van der Waals surface area (Å²) in [5.74, 6) is 0.991. The Balaban J connectivity index is 1.61. The van der Waals surface area contributed by atoms with Crippen LogP contribution in [0, 0.1) is 13.8 Å². The first-order valence-electron chi connectivity index (χ1n) is 22.3. The lowest BCUT2D eigenvalue weighted by atomic mass is 9.98. The molecule has 0 spiro atoms. The standard InChI is InChI=1S/C48H69N5O10/c1-7-35-36(8-2)40-28-42-38(12-10-14-55)34(4)46(53-42)32-50-44-30-48(63-26-24-61-22-20-59-18-16-57-6)47(62-25-23-60-21-19-58-17-15-56-5)29-43(44)49-31-45-33(3)37(11-9-13-54)41(52-45)27-39(35)51-40/h27-31,52-55H,7-26,32H2,1-6H3/b40-28-,41-27-,45-31?,49-43?,50-44?. The van der Waals surface area contributed by atoms with Crippen LogP contribution in [0.25, 0.3) is 18.4 Å². The van der Waals surface area contributed by atoms with Crippen molar-refractivity contribution in [2.45, 2.75) is 72.8 Å². The van der Waals surface area contributed by atoms with Crippen LogP contribution in [0.3, 0.4) is 0 Å². The van der Waals surface area contributed by atoms with Crippen molar-refractivity contribution in [2.75, 3.05) is 107 Å². The Labute approximate surface area is 371 Å². The zero-order chi connectivity index (χ0) is 44.8. The molecule has 5 rings (SSSR count). The first kappa shape index (κ1) is 49.6. The number of hydrogen-bond donors (Lipinski definition) is 4. The number of aromatic amines is 2. The van der Waals surface area contributed by atoms with Crippen LogP contribution in [0.5, 0.6) is 11.5 Å². The van der Waals surface area contributed by atoms with Crippen molar-refractivity contribution in [2.24, 2.45) is 15.0 Å². The molecule has 0 saturated carbocycles. The molecular formula is C48H69N5O10. The molecule has 4 heterocycles. The lowest BCUT2D eigenvalue weighted by Crippen LogP contribution is -2.27. The molecule has 2 aliphatic heterocycles. The van der Waals surface area contributed by atoms with E-state index >= 15 is 0 Å². The fourth-order valence-electron chi connectivity index (χ4n) is 7.60. The Morgan fingerprint density at radius 2 is 1.17 bits per heavy atom. The van der Waals surface area contributed by atoms with E-state index in [-0.39, 0.29) is 26.4 Å². The fraction of sp³-hybridized carbons (Fsp3) is 0.562. The number of nitrogens with zero attached hydrogens (tertiary/aromatic N) is 3. The number of aliphatic hydroxyl groups is 2. The molecule has 6 bridgehead atoms. The fourth-order valence-corrected chi connectivity index (χ4v) is 7.60. The lowest BCUT2D eigenvalue weighted by molar-refractivity contribution is 0.0159. The summed E-state index contributed by atoms with van der Waals surface area (Å²) in [5.41, 5.74) is 10.6. The largest absolute Gasteiger partial charge is 0.487 e. The number of H-pyrrole nitrogens is 2. The van der Waals surface area contributed by atoms with Crippen LogP contribution in [0.2, 0.25) is 0 Å². The number of benzene rings is 1. The molecule has 346 valence electrons. The third-order valence-corrected chi connectivity index (χ3v) is 11.0. The highest BCUT2D eigenvalue weighted by molar-refractivity contribution is 6.23. The van der Waals surface area contributed by atoms with E-state index < -0.39 is 0 Å². The highest BCUT2D eigenvalue weighted by Crippen LogP contribution is 2.34. The van der Waals surface area contributed by atoms with E-state index in [9.17, 15) is 10.2 Å². The van der Waals surface area contributed by atoms with Crippen molar-refractivity contribution < 1.29 is 48.1 Å². The lowest BCUT2D eigenvalue weighted by Gasteiger charge is -2.14. The number of aliphatic imine (C=N–C) groups is 1. The summed E-state index contributed by atoms with van der Waals surface area (Å²) in [7, 11) is 3.28. The summed E-state index contributed by atoms with van der Waals surface area (Å²) in [6.45, 7) is 14.1. The van der Waals surface area contributed by atoms with Crippen LogP contribution in [0.1, 0.15) is 73.2 Å². The molecule has 15 heteroatoms. The average Bonchev–Trinajstić information content (AvgIpc) is 3.89. The highest BCUT2D eigenvalue weighted by atomic mass is 16.6. The Morgan fingerprint density at radius 1 is 0.619 bits per heavy atom. The van der Waals surface area contributed by atoms with Crippen molar-refractivity contribution in [1.82, 2.24) is 9.97 Å². The molecule has 1 aromatic carbocycles. The molecule has 0 atom stereocenters. The van der Waals surface area contributed by atoms with Crippen LogP contribution >= 0.6 is 0 Å². The van der Waals surface area contributed by atoms with Gasteiger partial charge in [-0.3, -0.25) is 9.98 Å². The number of aliphatic hydroxyl groups excluding tert-OH is 2. The summed E-state index contributed by atoms with van der Waals surface area (Å²) < 4.78 is 45.4. The van der Waals surface area contributed by atoms with Gasteiger partial charge in [0.15, 0.2) is 11.5 Å². The van der Waals surface area contributed by atoms with Crippen molar-refractivity contribution in [1.29, 1.82) is 0 Å². The van der Waals surface area contributed by atoms with Gasteiger partial charge in [-0.25, -0.2) is 4.99 Å². The van der Waals surface area contributed by atoms with Gasteiger partial charge in [0.05, 0.1) is 106 Å². The summed E-state index contributed by atoms with van der Waals surface area (Å²) >= 11 is 0. The van der Waals surface area contributed by atoms with Crippen molar-refractivity contribution >= 4 is 24.1 Å². The van der Waals surface area contributed by atoms with Gasteiger partial charge in [0.25, 0.3) is 0 Å². The smallest absolute Gasteiger partial charge is 0.163 e. The minimum Gasteiger partial charge on any atom is -0.487 e.